The van der Waals surface area contributed by atoms with E-state index >= 15 is 0 Å². The molecule has 134 valence electrons. The Hall–Kier alpha value is -1.86. The number of nitrogens with one attached hydrogen (secondary N) is 1. The third kappa shape index (κ3) is 7.27. The molecule has 0 unspecified atom stereocenters. The number of rotatable bonds is 10. The van der Waals surface area contributed by atoms with Crippen LogP contribution in [0, 0.1) is 0 Å². The van der Waals surface area contributed by atoms with Gasteiger partial charge in [-0.2, -0.15) is 0 Å². The minimum Gasteiger partial charge on any atom is -0.333 e. The molecule has 2 rings (SSSR count). The molecule has 0 bridgehead atoms. The summed E-state index contributed by atoms with van der Waals surface area (Å²) in [5.74, 6) is 0.115. The van der Waals surface area contributed by atoms with E-state index in [4.69, 9.17) is 0 Å². The number of nitrogens with zero attached hydrogens (tertiary/aromatic N) is 2. The minimum absolute atomic E-state index is 0.0146. The van der Waals surface area contributed by atoms with Crippen molar-refractivity contribution in [3.05, 3.63) is 41.9 Å². The molecule has 1 aromatic carbocycles. The highest BCUT2D eigenvalue weighted by Crippen LogP contribution is 2.18. The summed E-state index contributed by atoms with van der Waals surface area (Å²) in [6.45, 7) is 2.79. The fourth-order valence-corrected chi connectivity index (χ4v) is 3.58. The normalized spacial score (nSPS) is 10.4. The van der Waals surface area contributed by atoms with Gasteiger partial charge in [0, 0.05) is 23.0 Å². The molecule has 0 fully saturated rings. The lowest BCUT2D eigenvalue weighted by Gasteiger charge is -2.22. The van der Waals surface area contributed by atoms with Crippen molar-refractivity contribution in [2.75, 3.05) is 24.2 Å². The van der Waals surface area contributed by atoms with Gasteiger partial charge in [-0.15, -0.1) is 23.1 Å². The van der Waals surface area contributed by atoms with Gasteiger partial charge in [0.2, 0.25) is 11.8 Å². The lowest BCUT2D eigenvalue weighted by molar-refractivity contribution is -0.132. The third-order valence-corrected chi connectivity index (χ3v) is 5.19. The third-order valence-electron chi connectivity index (χ3n) is 3.50. The predicted molar refractivity (Wildman–Crippen MR) is 104 cm³/mol. The van der Waals surface area contributed by atoms with Gasteiger partial charge in [0.05, 0.1) is 12.3 Å². The number of anilines is 1. The summed E-state index contributed by atoms with van der Waals surface area (Å²) in [4.78, 5) is 31.5. The van der Waals surface area contributed by atoms with Crippen molar-refractivity contribution >= 4 is 40.0 Å². The lowest BCUT2D eigenvalue weighted by atomic mass is 10.2. The number of carbonyl (C=O) groups is 2. The van der Waals surface area contributed by atoms with Crippen molar-refractivity contribution in [3.8, 4) is 0 Å². The van der Waals surface area contributed by atoms with E-state index in [1.807, 2.05) is 30.3 Å². The summed E-state index contributed by atoms with van der Waals surface area (Å²) >= 11 is 2.86. The molecule has 2 amide bonds. The maximum atomic E-state index is 12.6. The number of thiazole rings is 1. The molecule has 0 radical (unpaired) electrons. The molecular formula is C18H23N3O2S2. The molecule has 1 aromatic heterocycles. The largest absolute Gasteiger partial charge is 0.333 e. The summed E-state index contributed by atoms with van der Waals surface area (Å²) in [7, 11) is 0. The van der Waals surface area contributed by atoms with Crippen molar-refractivity contribution in [3.63, 3.8) is 0 Å². The highest BCUT2D eigenvalue weighted by molar-refractivity contribution is 8.00. The Bertz CT molecular complexity index is 648. The van der Waals surface area contributed by atoms with Crippen LogP contribution in [0.25, 0.3) is 0 Å². The summed E-state index contributed by atoms with van der Waals surface area (Å²) < 4.78 is 0. The van der Waals surface area contributed by atoms with Crippen LogP contribution in [0.4, 0.5) is 5.13 Å². The van der Waals surface area contributed by atoms with E-state index in [0.29, 0.717) is 17.4 Å². The van der Waals surface area contributed by atoms with E-state index < -0.39 is 0 Å². The van der Waals surface area contributed by atoms with Gasteiger partial charge in [0.15, 0.2) is 5.13 Å². The van der Waals surface area contributed by atoms with Gasteiger partial charge in [0.25, 0.3) is 0 Å². The summed E-state index contributed by atoms with van der Waals surface area (Å²) in [5.41, 5.74) is 0. The maximum Gasteiger partial charge on any atom is 0.245 e. The number of hydrogen-bond acceptors (Lipinski definition) is 5. The zero-order chi connectivity index (χ0) is 17.9. The van der Waals surface area contributed by atoms with Crippen molar-refractivity contribution < 1.29 is 9.59 Å². The van der Waals surface area contributed by atoms with E-state index in [-0.39, 0.29) is 18.4 Å². The van der Waals surface area contributed by atoms with Gasteiger partial charge in [-0.1, -0.05) is 38.0 Å². The number of carbonyl (C=O) groups excluding carboxylic acids is 2. The molecule has 0 aliphatic rings. The van der Waals surface area contributed by atoms with Crippen LogP contribution >= 0.6 is 23.1 Å². The van der Waals surface area contributed by atoms with Crippen LogP contribution in [0.1, 0.15) is 26.2 Å². The first-order valence-electron chi connectivity index (χ1n) is 8.34. The molecule has 0 atom stereocenters. The number of hydrogen-bond donors (Lipinski definition) is 1. The summed E-state index contributed by atoms with van der Waals surface area (Å²) in [6, 6.07) is 9.82. The summed E-state index contributed by atoms with van der Waals surface area (Å²) in [5, 5.41) is 5.10. The molecule has 0 aliphatic heterocycles. The second kappa shape index (κ2) is 10.9. The van der Waals surface area contributed by atoms with Crippen LogP contribution in [0.2, 0.25) is 0 Å². The van der Waals surface area contributed by atoms with E-state index in [1.54, 1.807) is 16.5 Å². The molecule has 0 aliphatic carbocycles. The fraction of sp³-hybridized carbons (Fsp3) is 0.389. The topological polar surface area (TPSA) is 62.3 Å². The monoisotopic (exact) mass is 377 g/mol. The standard InChI is InChI=1S/C18H23N3O2S2/c1-2-3-7-11-21(13-16(22)20-18-19-10-12-24-18)17(23)14-25-15-8-5-4-6-9-15/h4-6,8-10,12H,2-3,7,11,13-14H2,1H3,(H,19,20,22). The maximum absolute atomic E-state index is 12.6. The molecular weight excluding hydrogens is 354 g/mol. The molecule has 2 aromatic rings. The predicted octanol–water partition coefficient (Wildman–Crippen LogP) is 3.89. The van der Waals surface area contributed by atoms with E-state index in [9.17, 15) is 9.59 Å². The Balaban J connectivity index is 1.88. The SMILES string of the molecule is CCCCCN(CC(=O)Nc1nccs1)C(=O)CSc1ccccc1. The lowest BCUT2D eigenvalue weighted by Crippen LogP contribution is -2.39. The van der Waals surface area contributed by atoms with Crippen molar-refractivity contribution in [2.45, 2.75) is 31.1 Å². The van der Waals surface area contributed by atoms with Gasteiger partial charge < -0.3 is 10.2 Å². The Morgan fingerprint density at radius 1 is 1.24 bits per heavy atom. The van der Waals surface area contributed by atoms with Gasteiger partial charge in [-0.3, -0.25) is 9.59 Å². The molecule has 0 spiro atoms. The number of unbranched alkanes of at least 4 members (excludes halogenated alkanes) is 2. The average molecular weight is 378 g/mol. The number of benzene rings is 1. The van der Waals surface area contributed by atoms with Crippen molar-refractivity contribution in [1.29, 1.82) is 0 Å². The quantitative estimate of drug-likeness (QED) is 0.504. The van der Waals surface area contributed by atoms with Crippen LogP contribution in [0.15, 0.2) is 46.8 Å². The van der Waals surface area contributed by atoms with Crippen LogP contribution in [0.3, 0.4) is 0 Å². The second-order valence-corrected chi connectivity index (χ2v) is 7.45. The Morgan fingerprint density at radius 3 is 2.72 bits per heavy atom. The molecule has 5 nitrogen and oxygen atoms in total. The summed E-state index contributed by atoms with van der Waals surface area (Å²) in [6.07, 6.45) is 4.67. The first-order chi connectivity index (χ1) is 12.2. The van der Waals surface area contributed by atoms with Crippen LogP contribution < -0.4 is 5.32 Å². The van der Waals surface area contributed by atoms with Gasteiger partial charge in [0.1, 0.15) is 0 Å². The molecule has 25 heavy (non-hydrogen) atoms. The van der Waals surface area contributed by atoms with Gasteiger partial charge >= 0.3 is 0 Å². The smallest absolute Gasteiger partial charge is 0.245 e. The van der Waals surface area contributed by atoms with E-state index in [1.165, 1.54) is 23.1 Å². The first kappa shape index (κ1) is 19.5. The fourth-order valence-electron chi connectivity index (χ4n) is 2.21. The number of aromatic nitrogens is 1. The second-order valence-electron chi connectivity index (χ2n) is 5.51. The Labute approximate surface area is 156 Å². The average Bonchev–Trinajstić information content (AvgIpc) is 3.12. The van der Waals surface area contributed by atoms with Crippen LogP contribution in [0.5, 0.6) is 0 Å². The van der Waals surface area contributed by atoms with Gasteiger partial charge in [-0.25, -0.2) is 4.98 Å². The molecule has 0 saturated heterocycles. The van der Waals surface area contributed by atoms with Crippen LogP contribution in [-0.2, 0) is 9.59 Å². The molecule has 0 saturated carbocycles. The minimum atomic E-state index is -0.204. The highest BCUT2D eigenvalue weighted by Gasteiger charge is 2.17. The molecule has 1 heterocycles. The molecule has 7 heteroatoms. The highest BCUT2D eigenvalue weighted by atomic mass is 32.2. The molecule has 1 N–H and O–H groups in total. The van der Waals surface area contributed by atoms with Crippen molar-refractivity contribution in [2.24, 2.45) is 0 Å². The Kier molecular flexibility index (Phi) is 8.48. The van der Waals surface area contributed by atoms with Crippen molar-refractivity contribution in [1.82, 2.24) is 9.88 Å². The zero-order valence-corrected chi connectivity index (χ0v) is 15.9. The Morgan fingerprint density at radius 2 is 2.04 bits per heavy atom. The van der Waals surface area contributed by atoms with Crippen LogP contribution in [-0.4, -0.2) is 40.5 Å². The number of amides is 2. The number of thioether (sulfide) groups is 1. The zero-order valence-electron chi connectivity index (χ0n) is 14.3. The van der Waals surface area contributed by atoms with Gasteiger partial charge in [-0.05, 0) is 18.6 Å². The van der Waals surface area contributed by atoms with E-state index in [2.05, 4.69) is 17.2 Å². The van der Waals surface area contributed by atoms with E-state index in [0.717, 1.165) is 24.2 Å². The first-order valence-corrected chi connectivity index (χ1v) is 10.2.